The number of benzene rings is 3. The van der Waals surface area contributed by atoms with Crippen molar-refractivity contribution in [3.05, 3.63) is 106 Å². The van der Waals surface area contributed by atoms with Crippen LogP contribution < -0.4 is 5.56 Å². The highest BCUT2D eigenvalue weighted by Gasteiger charge is 2.20. The SMILES string of the molecule is CCCCc1nc(C)n(-c2nc3ccccc3n2C)c(=O)c1Cc1ccc(-c2ccccc2-c2nn[nH]n2)cc1. The van der Waals surface area contributed by atoms with Crippen molar-refractivity contribution in [3.8, 4) is 28.5 Å². The number of imidazole rings is 1. The Morgan fingerprint density at radius 1 is 0.900 bits per heavy atom. The molecule has 6 rings (SSSR count). The van der Waals surface area contributed by atoms with Gasteiger partial charge in [-0.2, -0.15) is 5.21 Å². The van der Waals surface area contributed by atoms with Crippen molar-refractivity contribution >= 4 is 11.0 Å². The van der Waals surface area contributed by atoms with E-state index < -0.39 is 0 Å². The van der Waals surface area contributed by atoms with Crippen LogP contribution in [0.15, 0.2) is 77.6 Å². The number of nitrogens with zero attached hydrogens (tertiary/aromatic N) is 7. The molecule has 3 aromatic heterocycles. The number of fused-ring (bicyclic) bond motifs is 1. The van der Waals surface area contributed by atoms with Crippen LogP contribution in [0, 0.1) is 6.92 Å². The Bertz CT molecular complexity index is 1850. The third kappa shape index (κ3) is 4.59. The van der Waals surface area contributed by atoms with Gasteiger partial charge in [-0.1, -0.05) is 74.0 Å². The average Bonchev–Trinajstić information content (AvgIpc) is 3.63. The van der Waals surface area contributed by atoms with E-state index in [9.17, 15) is 4.79 Å². The number of aryl methyl sites for hydroxylation is 3. The maximum atomic E-state index is 14.1. The molecular formula is C31H30N8O. The zero-order valence-electron chi connectivity index (χ0n) is 22.8. The van der Waals surface area contributed by atoms with Crippen LogP contribution in [-0.2, 0) is 19.9 Å². The van der Waals surface area contributed by atoms with Crippen LogP contribution in [0.2, 0.25) is 0 Å². The third-order valence-corrected chi connectivity index (χ3v) is 7.32. The molecule has 0 aliphatic carbocycles. The topological polar surface area (TPSA) is 107 Å². The van der Waals surface area contributed by atoms with Crippen molar-refractivity contribution in [2.24, 2.45) is 7.05 Å². The number of rotatable bonds is 8. The highest BCUT2D eigenvalue weighted by Crippen LogP contribution is 2.30. The lowest BCUT2D eigenvalue weighted by Gasteiger charge is -2.15. The van der Waals surface area contributed by atoms with E-state index in [1.54, 1.807) is 4.57 Å². The smallest absolute Gasteiger partial charge is 0.264 e. The molecule has 3 heterocycles. The van der Waals surface area contributed by atoms with Crippen LogP contribution >= 0.6 is 0 Å². The Hall–Kier alpha value is -4.92. The number of unbranched alkanes of at least 4 members (excludes halogenated alkanes) is 1. The van der Waals surface area contributed by atoms with Gasteiger partial charge in [-0.3, -0.25) is 4.79 Å². The molecule has 0 aliphatic heterocycles. The Kier molecular flexibility index (Phi) is 6.77. The fraction of sp³-hybridized carbons (Fsp3) is 0.226. The number of tetrazole rings is 1. The summed E-state index contributed by atoms with van der Waals surface area (Å²) >= 11 is 0. The molecule has 0 spiro atoms. The van der Waals surface area contributed by atoms with Crippen molar-refractivity contribution in [1.29, 1.82) is 0 Å². The predicted octanol–water partition coefficient (Wildman–Crippen LogP) is 5.21. The van der Waals surface area contributed by atoms with E-state index in [-0.39, 0.29) is 5.56 Å². The van der Waals surface area contributed by atoms with E-state index >= 15 is 0 Å². The molecule has 40 heavy (non-hydrogen) atoms. The van der Waals surface area contributed by atoms with Gasteiger partial charge in [-0.05, 0) is 53.8 Å². The monoisotopic (exact) mass is 530 g/mol. The number of nitrogens with one attached hydrogen (secondary N) is 1. The van der Waals surface area contributed by atoms with Gasteiger partial charge in [0, 0.05) is 24.6 Å². The summed E-state index contributed by atoms with van der Waals surface area (Å²) in [6.07, 6.45) is 3.26. The van der Waals surface area contributed by atoms with E-state index in [4.69, 9.17) is 9.97 Å². The fourth-order valence-corrected chi connectivity index (χ4v) is 5.23. The number of aromatic nitrogens is 8. The number of hydrogen-bond acceptors (Lipinski definition) is 6. The highest BCUT2D eigenvalue weighted by molar-refractivity contribution is 5.80. The molecule has 3 aromatic carbocycles. The van der Waals surface area contributed by atoms with E-state index in [0.29, 0.717) is 29.6 Å². The summed E-state index contributed by atoms with van der Waals surface area (Å²) in [5.41, 5.74) is 7.32. The summed E-state index contributed by atoms with van der Waals surface area (Å²) in [5.74, 6) is 1.77. The van der Waals surface area contributed by atoms with Gasteiger partial charge in [0.05, 0.1) is 16.7 Å². The molecule has 9 nitrogen and oxygen atoms in total. The van der Waals surface area contributed by atoms with E-state index in [0.717, 1.165) is 58.2 Å². The lowest BCUT2D eigenvalue weighted by atomic mass is 9.96. The number of aromatic amines is 1. The summed E-state index contributed by atoms with van der Waals surface area (Å²) < 4.78 is 3.61. The van der Waals surface area contributed by atoms with Gasteiger partial charge in [0.1, 0.15) is 5.82 Å². The minimum absolute atomic E-state index is 0.0662. The van der Waals surface area contributed by atoms with Gasteiger partial charge >= 0.3 is 0 Å². The largest absolute Gasteiger partial charge is 0.313 e. The predicted molar refractivity (Wildman–Crippen MR) is 155 cm³/mol. The van der Waals surface area contributed by atoms with Crippen LogP contribution in [0.3, 0.4) is 0 Å². The first-order valence-corrected chi connectivity index (χ1v) is 13.5. The lowest BCUT2D eigenvalue weighted by molar-refractivity contribution is 0.709. The molecule has 1 N–H and O–H groups in total. The van der Waals surface area contributed by atoms with E-state index in [1.165, 1.54) is 0 Å². The quantitative estimate of drug-likeness (QED) is 0.290. The van der Waals surface area contributed by atoms with Crippen LogP contribution in [0.25, 0.3) is 39.5 Å². The molecule has 0 saturated heterocycles. The number of H-pyrrole nitrogens is 1. The van der Waals surface area contributed by atoms with Gasteiger partial charge < -0.3 is 4.57 Å². The molecule has 0 aliphatic rings. The average molecular weight is 531 g/mol. The summed E-state index contributed by atoms with van der Waals surface area (Å²) in [5, 5.41) is 14.5. The fourth-order valence-electron chi connectivity index (χ4n) is 5.23. The van der Waals surface area contributed by atoms with Crippen LogP contribution in [-0.4, -0.2) is 39.7 Å². The van der Waals surface area contributed by atoms with Crippen LogP contribution in [0.5, 0.6) is 0 Å². The van der Waals surface area contributed by atoms with Crippen molar-refractivity contribution < 1.29 is 0 Å². The van der Waals surface area contributed by atoms with Gasteiger partial charge in [-0.15, -0.1) is 10.2 Å². The second kappa shape index (κ2) is 10.7. The zero-order valence-corrected chi connectivity index (χ0v) is 22.8. The molecule has 0 unspecified atom stereocenters. The van der Waals surface area contributed by atoms with Gasteiger partial charge in [0.25, 0.3) is 5.56 Å². The number of hydrogen-bond donors (Lipinski definition) is 1. The molecule has 0 radical (unpaired) electrons. The molecule has 200 valence electrons. The Labute approximate surface area is 231 Å². The third-order valence-electron chi connectivity index (χ3n) is 7.32. The molecule has 0 bridgehead atoms. The first-order valence-electron chi connectivity index (χ1n) is 13.5. The minimum atomic E-state index is -0.0662. The molecule has 6 aromatic rings. The van der Waals surface area contributed by atoms with Crippen molar-refractivity contribution in [2.75, 3.05) is 0 Å². The summed E-state index contributed by atoms with van der Waals surface area (Å²) in [6, 6.07) is 24.2. The lowest BCUT2D eigenvalue weighted by Crippen LogP contribution is -2.30. The van der Waals surface area contributed by atoms with Gasteiger partial charge in [0.2, 0.25) is 11.8 Å². The first kappa shape index (κ1) is 25.4. The van der Waals surface area contributed by atoms with Crippen LogP contribution in [0.4, 0.5) is 0 Å². The maximum absolute atomic E-state index is 14.1. The normalized spacial score (nSPS) is 11.4. The molecule has 0 atom stereocenters. The van der Waals surface area contributed by atoms with Gasteiger partial charge in [-0.25, -0.2) is 14.5 Å². The zero-order chi connectivity index (χ0) is 27.6. The second-order valence-electron chi connectivity index (χ2n) is 9.94. The Balaban J connectivity index is 1.40. The molecule has 0 amide bonds. The van der Waals surface area contributed by atoms with E-state index in [2.05, 4.69) is 51.8 Å². The summed E-state index contributed by atoms with van der Waals surface area (Å²) in [4.78, 5) is 23.9. The summed E-state index contributed by atoms with van der Waals surface area (Å²) in [6.45, 7) is 4.04. The highest BCUT2D eigenvalue weighted by atomic mass is 16.1. The minimum Gasteiger partial charge on any atom is -0.313 e. The molecule has 9 heteroatoms. The Morgan fingerprint density at radius 2 is 1.65 bits per heavy atom. The summed E-state index contributed by atoms with van der Waals surface area (Å²) in [7, 11) is 1.94. The van der Waals surface area contributed by atoms with Crippen molar-refractivity contribution in [2.45, 2.75) is 39.5 Å². The van der Waals surface area contributed by atoms with Gasteiger partial charge in [0.15, 0.2) is 0 Å². The first-order chi connectivity index (χ1) is 19.5. The standard InChI is InChI=1S/C31H30N8O/c1-4-5-12-26-25(30(40)39(20(2)32-26)31-33-27-13-8-9-14-28(27)38(31)3)19-21-15-17-22(18-16-21)23-10-6-7-11-24(23)29-34-36-37-35-29/h6-11,13-18H,4-5,12,19H2,1-3H3,(H,34,35,36,37). The van der Waals surface area contributed by atoms with Crippen molar-refractivity contribution in [3.63, 3.8) is 0 Å². The van der Waals surface area contributed by atoms with E-state index in [1.807, 2.05) is 67.1 Å². The molecule has 0 saturated carbocycles. The number of para-hydroxylation sites is 2. The maximum Gasteiger partial charge on any atom is 0.264 e. The Morgan fingerprint density at radius 3 is 2.38 bits per heavy atom. The van der Waals surface area contributed by atoms with Crippen LogP contribution in [0.1, 0.15) is 42.4 Å². The second-order valence-corrected chi connectivity index (χ2v) is 9.94. The van der Waals surface area contributed by atoms with Crippen molar-refractivity contribution in [1.82, 2.24) is 39.7 Å². The molecular weight excluding hydrogens is 500 g/mol. The molecule has 0 fully saturated rings.